The predicted octanol–water partition coefficient (Wildman–Crippen LogP) is 2.04. The Morgan fingerprint density at radius 1 is 1.56 bits per heavy atom. The smallest absolute Gasteiger partial charge is 0.233 e. The molecular formula is C6H3F2N. The average molecular weight is 127 g/mol. The molecule has 0 aromatic heterocycles. The summed E-state index contributed by atoms with van der Waals surface area (Å²) in [6, 6.07) is 0. The highest BCUT2D eigenvalue weighted by molar-refractivity contribution is 5.26. The van der Waals surface area contributed by atoms with Crippen LogP contribution in [0.4, 0.5) is 8.78 Å². The van der Waals surface area contributed by atoms with Crippen molar-refractivity contribution in [3.8, 4) is 11.8 Å². The predicted molar refractivity (Wildman–Crippen MR) is 29.3 cm³/mol. The summed E-state index contributed by atoms with van der Waals surface area (Å²) in [7, 11) is 0. The SMILES string of the molecule is [C-]#[N+]/C(F)=C(/F)C#CC. The van der Waals surface area contributed by atoms with Crippen molar-refractivity contribution in [3.05, 3.63) is 23.2 Å². The van der Waals surface area contributed by atoms with Crippen LogP contribution in [0.5, 0.6) is 0 Å². The quantitative estimate of drug-likeness (QED) is 0.266. The van der Waals surface area contributed by atoms with Gasteiger partial charge in [0.25, 0.3) is 0 Å². The highest BCUT2D eigenvalue weighted by Crippen LogP contribution is 2.06. The van der Waals surface area contributed by atoms with Crippen molar-refractivity contribution in [1.82, 2.24) is 0 Å². The monoisotopic (exact) mass is 127 g/mol. The van der Waals surface area contributed by atoms with Crippen molar-refractivity contribution >= 4 is 0 Å². The summed E-state index contributed by atoms with van der Waals surface area (Å²) in [4.78, 5) is 2.19. The summed E-state index contributed by atoms with van der Waals surface area (Å²) in [5.74, 6) is 1.11. The molecular weight excluding hydrogens is 124 g/mol. The third-order valence-corrected chi connectivity index (χ3v) is 0.514. The number of halogens is 2. The summed E-state index contributed by atoms with van der Waals surface area (Å²) in [5.41, 5.74) is 0. The molecule has 0 bridgehead atoms. The van der Waals surface area contributed by atoms with Crippen molar-refractivity contribution < 1.29 is 8.78 Å². The largest absolute Gasteiger partial charge is 0.375 e. The van der Waals surface area contributed by atoms with Gasteiger partial charge in [0, 0.05) is 0 Å². The summed E-state index contributed by atoms with van der Waals surface area (Å²) in [5, 5.41) is 0. The molecule has 0 aromatic rings. The lowest BCUT2D eigenvalue weighted by atomic mass is 10.5. The number of hydrogen-bond donors (Lipinski definition) is 0. The molecule has 0 aliphatic heterocycles. The van der Waals surface area contributed by atoms with Crippen LogP contribution in [0.3, 0.4) is 0 Å². The maximum atomic E-state index is 11.9. The van der Waals surface area contributed by atoms with Crippen LogP contribution in [0.1, 0.15) is 6.92 Å². The number of rotatable bonds is 0. The van der Waals surface area contributed by atoms with Crippen LogP contribution in [0, 0.1) is 18.4 Å². The Hall–Kier alpha value is -1.35. The molecule has 46 valence electrons. The Bertz CT molecular complexity index is 224. The van der Waals surface area contributed by atoms with E-state index in [0.717, 1.165) is 0 Å². The first-order valence-corrected chi connectivity index (χ1v) is 2.08. The highest BCUT2D eigenvalue weighted by atomic mass is 19.2. The standard InChI is InChI=1S/C6H3F2N/c1-3-4-5(7)6(8)9-2/h1H3/b6-5+. The van der Waals surface area contributed by atoms with Gasteiger partial charge in [-0.05, 0) is 12.8 Å². The molecule has 0 radical (unpaired) electrons. The first-order valence-electron chi connectivity index (χ1n) is 2.08. The van der Waals surface area contributed by atoms with Crippen molar-refractivity contribution in [2.24, 2.45) is 0 Å². The third kappa shape index (κ3) is 2.46. The van der Waals surface area contributed by atoms with E-state index in [4.69, 9.17) is 6.57 Å². The van der Waals surface area contributed by atoms with Crippen molar-refractivity contribution in [2.75, 3.05) is 0 Å². The van der Waals surface area contributed by atoms with Gasteiger partial charge in [-0.3, -0.25) is 0 Å². The van der Waals surface area contributed by atoms with E-state index in [1.165, 1.54) is 6.92 Å². The zero-order valence-electron chi connectivity index (χ0n) is 4.70. The Balaban J connectivity index is 4.47. The van der Waals surface area contributed by atoms with E-state index in [-0.39, 0.29) is 0 Å². The first kappa shape index (κ1) is 7.65. The lowest BCUT2D eigenvalue weighted by molar-refractivity contribution is 0.577. The minimum atomic E-state index is -1.48. The fourth-order valence-corrected chi connectivity index (χ4v) is 0.210. The van der Waals surface area contributed by atoms with Crippen LogP contribution in [-0.4, -0.2) is 0 Å². The third-order valence-electron chi connectivity index (χ3n) is 0.514. The molecule has 0 unspecified atom stereocenters. The first-order chi connectivity index (χ1) is 4.22. The molecule has 0 aromatic carbocycles. The minimum Gasteiger partial charge on any atom is -0.233 e. The summed E-state index contributed by atoms with van der Waals surface area (Å²) in [6.07, 6.45) is 0. The fraction of sp³-hybridized carbons (Fsp3) is 0.167. The second-order valence-electron chi connectivity index (χ2n) is 1.09. The van der Waals surface area contributed by atoms with Gasteiger partial charge in [-0.15, -0.1) is 5.92 Å². The summed E-state index contributed by atoms with van der Waals surface area (Å²) in [6.45, 7) is 7.36. The summed E-state index contributed by atoms with van der Waals surface area (Å²) < 4.78 is 23.7. The van der Waals surface area contributed by atoms with Gasteiger partial charge in [0.15, 0.2) is 0 Å². The van der Waals surface area contributed by atoms with Crippen molar-refractivity contribution in [1.29, 1.82) is 0 Å². The van der Waals surface area contributed by atoms with E-state index >= 15 is 0 Å². The van der Waals surface area contributed by atoms with Gasteiger partial charge < -0.3 is 0 Å². The molecule has 3 heteroatoms. The van der Waals surface area contributed by atoms with Crippen LogP contribution >= 0.6 is 0 Å². The molecule has 1 nitrogen and oxygen atoms in total. The highest BCUT2D eigenvalue weighted by Gasteiger charge is 1.98. The molecule has 0 rings (SSSR count). The van der Waals surface area contributed by atoms with Gasteiger partial charge in [-0.1, -0.05) is 0 Å². The molecule has 0 saturated carbocycles. The molecule has 0 spiro atoms. The van der Waals surface area contributed by atoms with E-state index in [0.29, 0.717) is 0 Å². The molecule has 0 fully saturated rings. The molecule has 0 heterocycles. The second kappa shape index (κ2) is 3.63. The van der Waals surface area contributed by atoms with Crippen molar-refractivity contribution in [3.63, 3.8) is 0 Å². The Morgan fingerprint density at radius 2 is 2.11 bits per heavy atom. The van der Waals surface area contributed by atoms with Gasteiger partial charge in [0.1, 0.15) is 0 Å². The molecule has 0 aliphatic carbocycles. The zero-order chi connectivity index (χ0) is 7.28. The molecule has 0 amide bonds. The van der Waals surface area contributed by atoms with Gasteiger partial charge >= 0.3 is 5.95 Å². The Labute approximate surface area is 51.8 Å². The van der Waals surface area contributed by atoms with E-state index in [1.807, 2.05) is 0 Å². The topological polar surface area (TPSA) is 4.36 Å². The van der Waals surface area contributed by atoms with Gasteiger partial charge in [-0.2, -0.15) is 0 Å². The second-order valence-corrected chi connectivity index (χ2v) is 1.09. The Kier molecular flexibility index (Phi) is 3.08. The molecule has 0 N–H and O–H groups in total. The van der Waals surface area contributed by atoms with E-state index in [1.54, 1.807) is 5.92 Å². The average Bonchev–Trinajstić information content (AvgIpc) is 1.87. The number of nitrogens with zero attached hydrogens (tertiary/aromatic N) is 1. The molecule has 9 heavy (non-hydrogen) atoms. The van der Waals surface area contributed by atoms with E-state index in [9.17, 15) is 8.78 Å². The minimum absolute atomic E-state index is 1.30. The van der Waals surface area contributed by atoms with Gasteiger partial charge in [-0.25, -0.2) is 13.6 Å². The molecule has 0 atom stereocenters. The molecule has 0 aliphatic rings. The zero-order valence-corrected chi connectivity index (χ0v) is 4.70. The van der Waals surface area contributed by atoms with Crippen LogP contribution < -0.4 is 0 Å². The maximum absolute atomic E-state index is 11.9. The Morgan fingerprint density at radius 3 is 2.44 bits per heavy atom. The summed E-state index contributed by atoms with van der Waals surface area (Å²) >= 11 is 0. The van der Waals surface area contributed by atoms with Crippen LogP contribution in [0.15, 0.2) is 11.8 Å². The van der Waals surface area contributed by atoms with Crippen LogP contribution in [-0.2, 0) is 0 Å². The van der Waals surface area contributed by atoms with Gasteiger partial charge in [0.2, 0.25) is 5.83 Å². The fourth-order valence-electron chi connectivity index (χ4n) is 0.210. The van der Waals surface area contributed by atoms with Crippen LogP contribution in [0.2, 0.25) is 0 Å². The van der Waals surface area contributed by atoms with E-state index < -0.39 is 11.8 Å². The van der Waals surface area contributed by atoms with E-state index in [2.05, 4.69) is 10.8 Å². The lowest BCUT2D eigenvalue weighted by Crippen LogP contribution is -1.68. The molecule has 0 saturated heterocycles. The normalized spacial score (nSPS) is 10.4. The van der Waals surface area contributed by atoms with Crippen LogP contribution in [0.25, 0.3) is 4.85 Å². The van der Waals surface area contributed by atoms with Crippen molar-refractivity contribution in [2.45, 2.75) is 6.92 Å². The lowest BCUT2D eigenvalue weighted by Gasteiger charge is -1.77. The van der Waals surface area contributed by atoms with Gasteiger partial charge in [0.05, 0.1) is 6.57 Å². The maximum Gasteiger partial charge on any atom is 0.375 e. The number of hydrogen-bond acceptors (Lipinski definition) is 0. The number of allylic oxidation sites excluding steroid dienone is 1.